The first-order valence-corrected chi connectivity index (χ1v) is 8.43. The summed E-state index contributed by atoms with van der Waals surface area (Å²) in [6.45, 7) is 3.29. The van der Waals surface area contributed by atoms with E-state index in [2.05, 4.69) is 10.2 Å². The maximum atomic E-state index is 13.1. The number of hydrogen-bond donors (Lipinski definition) is 2. The van der Waals surface area contributed by atoms with E-state index in [-0.39, 0.29) is 29.8 Å². The summed E-state index contributed by atoms with van der Waals surface area (Å²) in [6, 6.07) is 6.09. The molecular formula is C18H22FN3O3. The van der Waals surface area contributed by atoms with Crippen LogP contribution in [0.25, 0.3) is 0 Å². The number of rotatable bonds is 6. The van der Waals surface area contributed by atoms with E-state index in [9.17, 15) is 14.0 Å². The number of H-pyrrole nitrogens is 2. The highest BCUT2D eigenvalue weighted by Crippen LogP contribution is 2.16. The van der Waals surface area contributed by atoms with Gasteiger partial charge in [0.2, 0.25) is 5.91 Å². The van der Waals surface area contributed by atoms with Crippen LogP contribution in [-0.2, 0) is 22.5 Å². The van der Waals surface area contributed by atoms with Crippen LogP contribution in [0.15, 0.2) is 29.1 Å². The molecule has 0 radical (unpaired) electrons. The number of benzene rings is 1. The van der Waals surface area contributed by atoms with Crippen LogP contribution in [0, 0.1) is 12.7 Å². The summed E-state index contributed by atoms with van der Waals surface area (Å²) >= 11 is 0. The number of nitrogens with zero attached hydrogens (tertiary/aromatic N) is 1. The van der Waals surface area contributed by atoms with Crippen LogP contribution in [-0.4, -0.2) is 40.3 Å². The molecule has 0 bridgehead atoms. The van der Waals surface area contributed by atoms with Crippen molar-refractivity contribution in [2.24, 2.45) is 0 Å². The van der Waals surface area contributed by atoms with Gasteiger partial charge in [0.15, 0.2) is 0 Å². The fraction of sp³-hybridized carbons (Fsp3) is 0.444. The number of nitrogens with one attached hydrogen (secondary N) is 2. The molecule has 0 saturated carbocycles. The third kappa shape index (κ3) is 4.36. The molecule has 6 nitrogen and oxygen atoms in total. The predicted molar refractivity (Wildman–Crippen MR) is 90.6 cm³/mol. The van der Waals surface area contributed by atoms with Gasteiger partial charge in [-0.15, -0.1) is 0 Å². The molecule has 1 aliphatic heterocycles. The number of carbonyl (C=O) groups is 1. The van der Waals surface area contributed by atoms with Crippen molar-refractivity contribution in [3.05, 3.63) is 57.3 Å². The Labute approximate surface area is 145 Å². The van der Waals surface area contributed by atoms with Crippen molar-refractivity contribution in [1.82, 2.24) is 15.1 Å². The lowest BCUT2D eigenvalue weighted by atomic mass is 10.1. The summed E-state index contributed by atoms with van der Waals surface area (Å²) in [6.07, 6.45) is 1.94. The Bertz CT molecular complexity index is 776. The molecule has 2 aromatic rings. The molecule has 3 rings (SSSR count). The standard InChI is InChI=1S/C18H22FN3O3/c1-12-16(18(24)21-20-12)9-17(23)22(11-15-3-2-8-25-15)10-13-4-6-14(19)7-5-13/h4-7,15H,2-3,8-11H2,1H3,(H2,20,21,24)/t15-/m0/s1. The first-order valence-electron chi connectivity index (χ1n) is 8.43. The zero-order chi connectivity index (χ0) is 17.8. The lowest BCUT2D eigenvalue weighted by Crippen LogP contribution is -2.38. The lowest BCUT2D eigenvalue weighted by molar-refractivity contribution is -0.132. The van der Waals surface area contributed by atoms with Crippen LogP contribution in [0.2, 0.25) is 0 Å². The van der Waals surface area contributed by atoms with E-state index < -0.39 is 0 Å². The summed E-state index contributed by atoms with van der Waals surface area (Å²) in [5.41, 5.74) is 1.68. The van der Waals surface area contributed by atoms with Gasteiger partial charge in [0.25, 0.3) is 5.56 Å². The van der Waals surface area contributed by atoms with Gasteiger partial charge in [0.1, 0.15) is 5.82 Å². The minimum Gasteiger partial charge on any atom is -0.376 e. The van der Waals surface area contributed by atoms with Gasteiger partial charge in [0, 0.05) is 31.0 Å². The van der Waals surface area contributed by atoms with Crippen molar-refractivity contribution in [1.29, 1.82) is 0 Å². The quantitative estimate of drug-likeness (QED) is 0.838. The molecule has 1 saturated heterocycles. The van der Waals surface area contributed by atoms with E-state index in [1.807, 2.05) is 0 Å². The second-order valence-corrected chi connectivity index (χ2v) is 6.40. The average molecular weight is 347 g/mol. The lowest BCUT2D eigenvalue weighted by Gasteiger charge is -2.25. The van der Waals surface area contributed by atoms with Crippen molar-refractivity contribution in [2.75, 3.05) is 13.2 Å². The first-order chi connectivity index (χ1) is 12.0. The second-order valence-electron chi connectivity index (χ2n) is 6.40. The molecule has 2 N–H and O–H groups in total. The summed E-state index contributed by atoms with van der Waals surface area (Å²) < 4.78 is 18.8. The van der Waals surface area contributed by atoms with Gasteiger partial charge >= 0.3 is 0 Å². The highest BCUT2D eigenvalue weighted by molar-refractivity contribution is 5.79. The Morgan fingerprint density at radius 2 is 2.08 bits per heavy atom. The molecular weight excluding hydrogens is 325 g/mol. The number of carbonyl (C=O) groups excluding carboxylic acids is 1. The van der Waals surface area contributed by atoms with Crippen LogP contribution >= 0.6 is 0 Å². The van der Waals surface area contributed by atoms with Crippen LogP contribution in [0.1, 0.15) is 29.7 Å². The van der Waals surface area contributed by atoms with Gasteiger partial charge < -0.3 is 14.7 Å². The number of aryl methyl sites for hydroxylation is 1. The van der Waals surface area contributed by atoms with E-state index in [0.717, 1.165) is 18.4 Å². The number of amides is 1. The predicted octanol–water partition coefficient (Wildman–Crippen LogP) is 1.90. The molecule has 134 valence electrons. The molecule has 0 aliphatic carbocycles. The van der Waals surface area contributed by atoms with Crippen molar-refractivity contribution < 1.29 is 13.9 Å². The van der Waals surface area contributed by atoms with E-state index in [1.165, 1.54) is 12.1 Å². The first kappa shape index (κ1) is 17.4. The van der Waals surface area contributed by atoms with Crippen molar-refractivity contribution >= 4 is 5.91 Å². The van der Waals surface area contributed by atoms with E-state index in [1.54, 1.807) is 24.0 Å². The number of aromatic amines is 2. The summed E-state index contributed by atoms with van der Waals surface area (Å²) in [5, 5.41) is 5.23. The fourth-order valence-electron chi connectivity index (χ4n) is 3.05. The Morgan fingerprint density at radius 3 is 2.68 bits per heavy atom. The molecule has 1 amide bonds. The fourth-order valence-corrected chi connectivity index (χ4v) is 3.05. The molecule has 1 aromatic carbocycles. The SMILES string of the molecule is Cc1[nH][nH]c(=O)c1CC(=O)N(Cc1ccc(F)cc1)C[C@@H]1CCCO1. The molecule has 2 heterocycles. The third-order valence-corrected chi connectivity index (χ3v) is 4.51. The van der Waals surface area contributed by atoms with Crippen LogP contribution < -0.4 is 5.56 Å². The van der Waals surface area contributed by atoms with Gasteiger partial charge in [0.05, 0.1) is 12.5 Å². The van der Waals surface area contributed by atoms with E-state index in [0.29, 0.717) is 31.0 Å². The van der Waals surface area contributed by atoms with Gasteiger partial charge in [-0.25, -0.2) is 4.39 Å². The van der Waals surface area contributed by atoms with Gasteiger partial charge in [-0.2, -0.15) is 0 Å². The molecule has 1 aliphatic rings. The monoisotopic (exact) mass is 347 g/mol. The minimum atomic E-state index is -0.310. The average Bonchev–Trinajstić information content (AvgIpc) is 3.21. The Hall–Kier alpha value is -2.41. The van der Waals surface area contributed by atoms with Crippen molar-refractivity contribution in [2.45, 2.75) is 38.8 Å². The van der Waals surface area contributed by atoms with E-state index >= 15 is 0 Å². The normalized spacial score (nSPS) is 17.0. The summed E-state index contributed by atoms with van der Waals surface area (Å²) in [5.74, 6) is -0.455. The molecule has 1 fully saturated rings. The van der Waals surface area contributed by atoms with Crippen molar-refractivity contribution in [3.63, 3.8) is 0 Å². The van der Waals surface area contributed by atoms with Gasteiger partial charge in [-0.1, -0.05) is 12.1 Å². The Kier molecular flexibility index (Phi) is 5.33. The molecule has 7 heteroatoms. The Morgan fingerprint density at radius 1 is 1.32 bits per heavy atom. The van der Waals surface area contributed by atoms with Crippen molar-refractivity contribution in [3.8, 4) is 0 Å². The largest absolute Gasteiger partial charge is 0.376 e. The zero-order valence-corrected chi connectivity index (χ0v) is 14.2. The maximum Gasteiger partial charge on any atom is 0.267 e. The van der Waals surface area contributed by atoms with Gasteiger partial charge in [-0.05, 0) is 37.5 Å². The second kappa shape index (κ2) is 7.65. The van der Waals surface area contributed by atoms with E-state index in [4.69, 9.17) is 4.74 Å². The summed E-state index contributed by atoms with van der Waals surface area (Å²) in [4.78, 5) is 26.3. The molecule has 0 unspecified atom stereocenters. The highest BCUT2D eigenvalue weighted by atomic mass is 19.1. The molecule has 1 aromatic heterocycles. The number of halogens is 1. The summed E-state index contributed by atoms with van der Waals surface area (Å²) in [7, 11) is 0. The van der Waals surface area contributed by atoms with Crippen LogP contribution in [0.5, 0.6) is 0 Å². The molecule has 0 spiro atoms. The third-order valence-electron chi connectivity index (χ3n) is 4.51. The zero-order valence-electron chi connectivity index (χ0n) is 14.2. The maximum absolute atomic E-state index is 13.1. The number of hydrogen-bond acceptors (Lipinski definition) is 3. The number of ether oxygens (including phenoxy) is 1. The van der Waals surface area contributed by atoms with Crippen LogP contribution in [0.3, 0.4) is 0 Å². The Balaban J connectivity index is 1.75. The minimum absolute atomic E-state index is 0.00926. The van der Waals surface area contributed by atoms with Crippen LogP contribution in [0.4, 0.5) is 4.39 Å². The topological polar surface area (TPSA) is 78.2 Å². The van der Waals surface area contributed by atoms with Gasteiger partial charge in [-0.3, -0.25) is 14.7 Å². The molecule has 25 heavy (non-hydrogen) atoms. The smallest absolute Gasteiger partial charge is 0.267 e. The highest BCUT2D eigenvalue weighted by Gasteiger charge is 2.24. The molecule has 1 atom stereocenters. The number of aromatic nitrogens is 2.